The van der Waals surface area contributed by atoms with Crippen LogP contribution in [0.2, 0.25) is 0 Å². The van der Waals surface area contributed by atoms with Crippen molar-refractivity contribution < 1.29 is 103 Å². The van der Waals surface area contributed by atoms with Crippen LogP contribution in [-0.4, -0.2) is 28.0 Å². The first-order valence-electron chi connectivity index (χ1n) is 14.1. The van der Waals surface area contributed by atoms with Crippen LogP contribution >= 0.6 is 0 Å². The molecule has 2 radical (unpaired) electrons. The zero-order valence-corrected chi connectivity index (χ0v) is 34.1. The number of hydrogen-bond acceptors (Lipinski definition) is 3. The Hall–Kier alpha value is 2.50. The third-order valence-electron chi connectivity index (χ3n) is 12.5. The number of ether oxygens (including phenoxy) is 1. The van der Waals surface area contributed by atoms with Gasteiger partial charge in [0.15, 0.2) is 0 Å². The van der Waals surface area contributed by atoms with E-state index < -0.39 is 5.60 Å². The standard InChI is InChI=1S/C31H53O3.2Ac/c1-20(2)11-10-15-31(8,33)21-12-17-29(6)22(21)19-23(32)26-28(5)16-14-25(34-9)27(3,4)24(28)13-18-30(26,29)7;;/h11,21-26,32-33H,9-10,12-19H2,1-8H3;;/q-1;;/t21-,22?,23+,24?,25-,26?,28-,29+,30+,31?;;/m0../s1. The number of aliphatic hydroxyl groups excluding tert-OH is 1. The molecule has 0 saturated heterocycles. The molecule has 202 valence electrons. The molecule has 4 aliphatic carbocycles. The smallest absolute Gasteiger partial charge is 0.0653 e. The van der Waals surface area contributed by atoms with Crippen molar-refractivity contribution in [2.24, 2.45) is 45.3 Å². The van der Waals surface area contributed by atoms with Gasteiger partial charge in [0.25, 0.3) is 0 Å². The summed E-state index contributed by atoms with van der Waals surface area (Å²) < 4.78 is 5.73. The number of hydrogen-bond donors (Lipinski definition) is 2. The fraction of sp³-hybridized carbons (Fsp3) is 0.903. The Kier molecular flexibility index (Phi) is 11.6. The summed E-state index contributed by atoms with van der Waals surface area (Å²) >= 11 is 0. The molecule has 0 bridgehead atoms. The van der Waals surface area contributed by atoms with Crippen molar-refractivity contribution in [2.75, 3.05) is 0 Å². The maximum Gasteiger partial charge on any atom is 0.0653 e. The molecular formula is C31H53Ac2O3-. The molecule has 0 heterocycles. The fourth-order valence-corrected chi connectivity index (χ4v) is 10.7. The molecule has 4 unspecified atom stereocenters. The molecule has 0 spiro atoms. The minimum Gasteiger partial charge on any atom is -0.552 e. The Bertz CT molecular complexity index is 806. The first kappa shape index (κ1) is 34.7. The van der Waals surface area contributed by atoms with Crippen LogP contribution in [0.1, 0.15) is 113 Å². The second kappa shape index (κ2) is 12.0. The molecular weight excluding hydrogens is 874 g/mol. The number of rotatable bonds is 5. The van der Waals surface area contributed by atoms with Gasteiger partial charge in [-0.05, 0) is 124 Å². The van der Waals surface area contributed by atoms with Gasteiger partial charge in [0.2, 0.25) is 0 Å². The summed E-state index contributed by atoms with van der Waals surface area (Å²) in [5, 5.41) is 23.6. The Morgan fingerprint density at radius 3 is 2.19 bits per heavy atom. The van der Waals surface area contributed by atoms with Crippen LogP contribution < -0.4 is 0 Å². The molecule has 36 heavy (non-hydrogen) atoms. The Morgan fingerprint density at radius 1 is 1.00 bits per heavy atom. The van der Waals surface area contributed by atoms with E-state index in [4.69, 9.17) is 4.74 Å². The number of aliphatic hydroxyl groups is 2. The van der Waals surface area contributed by atoms with Gasteiger partial charge in [0, 0.05) is 94.2 Å². The van der Waals surface area contributed by atoms with E-state index in [1.807, 2.05) is 0 Å². The predicted octanol–water partition coefficient (Wildman–Crippen LogP) is 7.32. The molecule has 10 atom stereocenters. The molecule has 4 aliphatic rings. The second-order valence-corrected chi connectivity index (χ2v) is 14.7. The van der Waals surface area contributed by atoms with E-state index in [1.165, 1.54) is 24.8 Å². The summed E-state index contributed by atoms with van der Waals surface area (Å²) in [6.45, 7) is 18.6. The van der Waals surface area contributed by atoms with Crippen molar-refractivity contribution in [2.45, 2.75) is 131 Å². The molecule has 0 aliphatic heterocycles. The van der Waals surface area contributed by atoms with Crippen LogP contribution in [-0.2, 0) is 4.74 Å². The van der Waals surface area contributed by atoms with Gasteiger partial charge in [-0.25, -0.2) is 7.11 Å². The van der Waals surface area contributed by atoms with Crippen LogP contribution in [0.25, 0.3) is 0 Å². The van der Waals surface area contributed by atoms with E-state index in [0.717, 1.165) is 38.5 Å². The summed E-state index contributed by atoms with van der Waals surface area (Å²) in [4.78, 5) is 0. The van der Waals surface area contributed by atoms with Crippen molar-refractivity contribution in [3.05, 3.63) is 18.8 Å². The largest absolute Gasteiger partial charge is 0.552 e. The molecule has 2 N–H and O–H groups in total. The van der Waals surface area contributed by atoms with Crippen LogP contribution in [0.15, 0.2) is 11.6 Å². The first-order chi connectivity index (χ1) is 15.6. The molecule has 3 nitrogen and oxygen atoms in total. The molecule has 4 fully saturated rings. The average Bonchev–Trinajstić information content (AvgIpc) is 3.06. The molecule has 5 heteroatoms. The van der Waals surface area contributed by atoms with Gasteiger partial charge in [-0.1, -0.05) is 46.3 Å². The number of fused-ring (bicyclic) bond motifs is 5. The molecule has 4 saturated carbocycles. The Morgan fingerprint density at radius 2 is 1.61 bits per heavy atom. The summed E-state index contributed by atoms with van der Waals surface area (Å²) in [7, 11) is 3.82. The molecule has 0 aromatic rings. The van der Waals surface area contributed by atoms with E-state index >= 15 is 0 Å². The van der Waals surface area contributed by atoms with Crippen LogP contribution in [0.3, 0.4) is 0 Å². The van der Waals surface area contributed by atoms with E-state index in [2.05, 4.69) is 68.6 Å². The normalized spacial score (nSPS) is 46.6. The third kappa shape index (κ3) is 5.38. The van der Waals surface area contributed by atoms with Crippen LogP contribution in [0.5, 0.6) is 0 Å². The van der Waals surface area contributed by atoms with Gasteiger partial charge in [-0.3, -0.25) is 0 Å². The van der Waals surface area contributed by atoms with Crippen molar-refractivity contribution in [3.63, 3.8) is 0 Å². The molecule has 4 rings (SSSR count). The molecule has 0 amide bonds. The van der Waals surface area contributed by atoms with Gasteiger partial charge >= 0.3 is 0 Å². The van der Waals surface area contributed by atoms with Gasteiger partial charge < -0.3 is 14.9 Å². The average molecular weight is 928 g/mol. The van der Waals surface area contributed by atoms with E-state index in [9.17, 15) is 10.2 Å². The SMILES string of the molecule is [Ac].[Ac].[CH2-]O[C@H]1CC[C@@]2(C)C(CC[C@]3(C)C2[C@H](O)CC2[C@@H](C(C)(O)CCC=C(C)C)CC[C@]23C)C1(C)C. The predicted molar refractivity (Wildman–Crippen MR) is 140 cm³/mol. The summed E-state index contributed by atoms with van der Waals surface area (Å²) in [5.74, 6) is 1.50. The topological polar surface area (TPSA) is 49.7 Å². The quantitative estimate of drug-likeness (QED) is 0.225. The zero-order chi connectivity index (χ0) is 25.3. The minimum absolute atomic E-state index is 0. The summed E-state index contributed by atoms with van der Waals surface area (Å²) in [5.41, 5.74) is 1.09. The fourth-order valence-electron chi connectivity index (χ4n) is 10.7. The zero-order valence-electron chi connectivity index (χ0n) is 24.6. The van der Waals surface area contributed by atoms with Crippen LogP contribution in [0.4, 0.5) is 0 Å². The second-order valence-electron chi connectivity index (χ2n) is 14.7. The van der Waals surface area contributed by atoms with Crippen molar-refractivity contribution in [1.82, 2.24) is 0 Å². The minimum atomic E-state index is -0.677. The van der Waals surface area contributed by atoms with Crippen LogP contribution in [0, 0.1) is 141 Å². The van der Waals surface area contributed by atoms with Gasteiger partial charge in [0.05, 0.1) is 11.7 Å². The first-order valence-corrected chi connectivity index (χ1v) is 14.1. The monoisotopic (exact) mass is 927 g/mol. The van der Waals surface area contributed by atoms with E-state index in [-0.39, 0.29) is 128 Å². The number of allylic oxidation sites excluding steroid dienone is 2. The molecule has 0 aromatic heterocycles. The third-order valence-corrected chi connectivity index (χ3v) is 12.5. The maximum absolute atomic E-state index is 11.9. The van der Waals surface area contributed by atoms with Crippen molar-refractivity contribution in [3.8, 4) is 0 Å². The Balaban J connectivity index is 0.00000228. The van der Waals surface area contributed by atoms with Crippen molar-refractivity contribution >= 4 is 0 Å². The van der Waals surface area contributed by atoms with Crippen molar-refractivity contribution in [1.29, 1.82) is 0 Å². The summed E-state index contributed by atoms with van der Waals surface area (Å²) in [6, 6.07) is 0. The summed E-state index contributed by atoms with van der Waals surface area (Å²) in [6.07, 6.45) is 11.5. The van der Waals surface area contributed by atoms with Gasteiger partial charge in [0.1, 0.15) is 0 Å². The van der Waals surface area contributed by atoms with E-state index in [1.54, 1.807) is 0 Å². The van der Waals surface area contributed by atoms with Gasteiger partial charge in [-0.2, -0.15) is 0 Å². The molecule has 0 aromatic carbocycles. The maximum atomic E-state index is 11.9. The van der Waals surface area contributed by atoms with Gasteiger partial charge in [-0.15, -0.1) is 0 Å². The Labute approximate surface area is 294 Å². The van der Waals surface area contributed by atoms with E-state index in [0.29, 0.717) is 17.8 Å².